The van der Waals surface area contributed by atoms with Crippen LogP contribution in [0, 0.1) is 6.92 Å². The van der Waals surface area contributed by atoms with Crippen LogP contribution in [0.15, 0.2) is 21.8 Å². The predicted octanol–water partition coefficient (Wildman–Crippen LogP) is 2.66. The van der Waals surface area contributed by atoms with Gasteiger partial charge >= 0.3 is 0 Å². The first-order valence-electron chi connectivity index (χ1n) is 3.74. The highest BCUT2D eigenvalue weighted by atomic mass is 79.9. The van der Waals surface area contributed by atoms with E-state index in [0.717, 1.165) is 10.0 Å². The summed E-state index contributed by atoms with van der Waals surface area (Å²) in [6.07, 6.45) is 0. The number of aryl methyl sites for hydroxylation is 1. The molecule has 2 N–H and O–H groups in total. The number of phenols is 1. The molecule has 1 aromatic rings. The van der Waals surface area contributed by atoms with Gasteiger partial charge in [-0.05, 0) is 31.5 Å². The van der Waals surface area contributed by atoms with Gasteiger partial charge in [0, 0.05) is 10.0 Å². The van der Waals surface area contributed by atoms with Crippen LogP contribution in [0.2, 0.25) is 0 Å². The number of oxime groups is 1. The van der Waals surface area contributed by atoms with E-state index >= 15 is 0 Å². The fraction of sp³-hybridized carbons (Fsp3) is 0.222. The van der Waals surface area contributed by atoms with Crippen molar-refractivity contribution in [1.29, 1.82) is 0 Å². The second kappa shape index (κ2) is 3.79. The topological polar surface area (TPSA) is 52.8 Å². The molecule has 0 amide bonds. The molecule has 0 radical (unpaired) electrons. The lowest BCUT2D eigenvalue weighted by atomic mass is 10.1. The molecule has 1 rings (SSSR count). The zero-order valence-corrected chi connectivity index (χ0v) is 8.96. The molecule has 13 heavy (non-hydrogen) atoms. The molecule has 0 spiro atoms. The number of phenolic OH excluding ortho intramolecular Hbond substituents is 1. The maximum Gasteiger partial charge on any atom is 0.125 e. The standard InChI is InChI=1S/C9H10BrNO2/c1-5-3-7(6(2)11-13)9(12)4-8(5)10/h3-4,12-13H,1-2H3. The highest BCUT2D eigenvalue weighted by Crippen LogP contribution is 2.26. The summed E-state index contributed by atoms with van der Waals surface area (Å²) in [4.78, 5) is 0. The van der Waals surface area contributed by atoms with Gasteiger partial charge in [-0.2, -0.15) is 0 Å². The highest BCUT2D eigenvalue weighted by Gasteiger charge is 2.07. The van der Waals surface area contributed by atoms with E-state index < -0.39 is 0 Å². The molecule has 0 fully saturated rings. The molecule has 1 aromatic carbocycles. The van der Waals surface area contributed by atoms with Crippen molar-refractivity contribution in [1.82, 2.24) is 0 Å². The van der Waals surface area contributed by atoms with Crippen LogP contribution < -0.4 is 0 Å². The Balaban J connectivity index is 3.32. The summed E-state index contributed by atoms with van der Waals surface area (Å²) in [6, 6.07) is 3.34. The molecule has 3 nitrogen and oxygen atoms in total. The van der Waals surface area contributed by atoms with Gasteiger partial charge in [0.15, 0.2) is 0 Å². The lowest BCUT2D eigenvalue weighted by molar-refractivity contribution is 0.318. The summed E-state index contributed by atoms with van der Waals surface area (Å²) in [7, 11) is 0. The Labute approximate surface area is 84.8 Å². The highest BCUT2D eigenvalue weighted by molar-refractivity contribution is 9.10. The Bertz CT molecular complexity index is 361. The lowest BCUT2D eigenvalue weighted by Gasteiger charge is -2.05. The van der Waals surface area contributed by atoms with Crippen LogP contribution in [-0.4, -0.2) is 16.0 Å². The van der Waals surface area contributed by atoms with Gasteiger partial charge in [0.25, 0.3) is 0 Å². The van der Waals surface area contributed by atoms with Gasteiger partial charge in [-0.25, -0.2) is 0 Å². The van der Waals surface area contributed by atoms with Crippen molar-refractivity contribution in [2.24, 2.45) is 5.16 Å². The Kier molecular flexibility index (Phi) is 2.93. The number of rotatable bonds is 1. The summed E-state index contributed by atoms with van der Waals surface area (Å²) < 4.78 is 0.833. The fourth-order valence-electron chi connectivity index (χ4n) is 1.01. The number of nitrogens with zero attached hydrogens (tertiary/aromatic N) is 1. The van der Waals surface area contributed by atoms with E-state index in [-0.39, 0.29) is 5.75 Å². The molecule has 0 aromatic heterocycles. The zero-order chi connectivity index (χ0) is 10.0. The van der Waals surface area contributed by atoms with Crippen LogP contribution in [-0.2, 0) is 0 Å². The molecule has 4 heteroatoms. The van der Waals surface area contributed by atoms with Crippen molar-refractivity contribution in [2.45, 2.75) is 13.8 Å². The van der Waals surface area contributed by atoms with Crippen molar-refractivity contribution in [3.8, 4) is 5.75 Å². The minimum atomic E-state index is 0.104. The van der Waals surface area contributed by atoms with Crippen molar-refractivity contribution in [3.05, 3.63) is 27.7 Å². The maximum absolute atomic E-state index is 9.50. The zero-order valence-electron chi connectivity index (χ0n) is 7.37. The molecule has 0 saturated carbocycles. The normalized spacial score (nSPS) is 11.8. The molecular weight excluding hydrogens is 234 g/mol. The third-order valence-electron chi connectivity index (χ3n) is 1.82. The fourth-order valence-corrected chi connectivity index (χ4v) is 1.35. The van der Waals surface area contributed by atoms with E-state index in [4.69, 9.17) is 5.21 Å². The minimum absolute atomic E-state index is 0.104. The summed E-state index contributed by atoms with van der Waals surface area (Å²) in [5, 5.41) is 21.1. The van der Waals surface area contributed by atoms with Gasteiger partial charge < -0.3 is 10.3 Å². The quantitative estimate of drug-likeness (QED) is 0.453. The Morgan fingerprint density at radius 1 is 1.46 bits per heavy atom. The summed E-state index contributed by atoms with van der Waals surface area (Å²) in [5.41, 5.74) is 1.92. The average Bonchev–Trinajstić information content (AvgIpc) is 2.10. The van der Waals surface area contributed by atoms with Crippen LogP contribution >= 0.6 is 15.9 Å². The van der Waals surface area contributed by atoms with Crippen molar-refractivity contribution < 1.29 is 10.3 Å². The smallest absolute Gasteiger partial charge is 0.125 e. The van der Waals surface area contributed by atoms with E-state index in [2.05, 4.69) is 21.1 Å². The summed E-state index contributed by atoms with van der Waals surface area (Å²) in [5.74, 6) is 0.104. The van der Waals surface area contributed by atoms with E-state index in [0.29, 0.717) is 11.3 Å². The van der Waals surface area contributed by atoms with E-state index in [1.54, 1.807) is 19.1 Å². The molecule has 0 saturated heterocycles. The molecule has 0 aliphatic rings. The van der Waals surface area contributed by atoms with Gasteiger partial charge in [0.2, 0.25) is 0 Å². The minimum Gasteiger partial charge on any atom is -0.507 e. The predicted molar refractivity (Wildman–Crippen MR) is 54.5 cm³/mol. The van der Waals surface area contributed by atoms with Crippen LogP contribution in [0.5, 0.6) is 5.75 Å². The van der Waals surface area contributed by atoms with Crippen LogP contribution in [0.25, 0.3) is 0 Å². The molecule has 0 atom stereocenters. The summed E-state index contributed by atoms with van der Waals surface area (Å²) >= 11 is 3.29. The third kappa shape index (κ3) is 2.01. The number of hydrogen-bond acceptors (Lipinski definition) is 3. The van der Waals surface area contributed by atoms with E-state index in [1.165, 1.54) is 0 Å². The largest absolute Gasteiger partial charge is 0.507 e. The lowest BCUT2D eigenvalue weighted by Crippen LogP contribution is -1.96. The van der Waals surface area contributed by atoms with Crippen molar-refractivity contribution in [2.75, 3.05) is 0 Å². The van der Waals surface area contributed by atoms with E-state index in [1.807, 2.05) is 6.92 Å². The molecule has 0 heterocycles. The Morgan fingerprint density at radius 3 is 2.62 bits per heavy atom. The number of aromatic hydroxyl groups is 1. The first-order valence-corrected chi connectivity index (χ1v) is 4.53. The van der Waals surface area contributed by atoms with Crippen molar-refractivity contribution >= 4 is 21.6 Å². The van der Waals surface area contributed by atoms with Crippen LogP contribution in [0.1, 0.15) is 18.1 Å². The number of hydrogen-bond donors (Lipinski definition) is 2. The second-order valence-electron chi connectivity index (χ2n) is 2.80. The first-order chi connectivity index (χ1) is 6.06. The second-order valence-corrected chi connectivity index (χ2v) is 3.66. The Hall–Kier alpha value is -1.03. The van der Waals surface area contributed by atoms with Gasteiger partial charge in [-0.1, -0.05) is 21.1 Å². The van der Waals surface area contributed by atoms with Gasteiger partial charge in [-0.3, -0.25) is 0 Å². The van der Waals surface area contributed by atoms with Gasteiger partial charge in [-0.15, -0.1) is 0 Å². The monoisotopic (exact) mass is 243 g/mol. The van der Waals surface area contributed by atoms with E-state index in [9.17, 15) is 5.11 Å². The molecular formula is C9H10BrNO2. The number of halogens is 1. The molecule has 0 aliphatic heterocycles. The SMILES string of the molecule is CC(=NO)c1cc(C)c(Br)cc1O. The van der Waals surface area contributed by atoms with Gasteiger partial charge in [0.05, 0.1) is 5.71 Å². The van der Waals surface area contributed by atoms with Gasteiger partial charge in [0.1, 0.15) is 5.75 Å². The maximum atomic E-state index is 9.50. The third-order valence-corrected chi connectivity index (χ3v) is 2.67. The molecule has 0 unspecified atom stereocenters. The Morgan fingerprint density at radius 2 is 2.08 bits per heavy atom. The van der Waals surface area contributed by atoms with Crippen LogP contribution in [0.4, 0.5) is 0 Å². The molecule has 0 aliphatic carbocycles. The van der Waals surface area contributed by atoms with Crippen molar-refractivity contribution in [3.63, 3.8) is 0 Å². The molecule has 0 bridgehead atoms. The number of benzene rings is 1. The summed E-state index contributed by atoms with van der Waals surface area (Å²) in [6.45, 7) is 3.53. The average molecular weight is 244 g/mol. The van der Waals surface area contributed by atoms with Crippen LogP contribution in [0.3, 0.4) is 0 Å². The molecule has 70 valence electrons. The first kappa shape index (κ1) is 10.1.